The number of amides is 1. The van der Waals surface area contributed by atoms with E-state index in [1.807, 2.05) is 16.7 Å². The van der Waals surface area contributed by atoms with Crippen LogP contribution in [-0.4, -0.2) is 56.9 Å². The van der Waals surface area contributed by atoms with Gasteiger partial charge in [0.05, 0.1) is 41.0 Å². The summed E-state index contributed by atoms with van der Waals surface area (Å²) in [6, 6.07) is 8.93. The van der Waals surface area contributed by atoms with Crippen molar-refractivity contribution < 1.29 is 13.9 Å². The first-order chi connectivity index (χ1) is 16.1. The molecule has 1 saturated heterocycles. The standard InChI is InChI=1S/C21H17Cl2N5O3S2/c22-14-4-3-13(10-15(14)23)28-19(17-2-1-7-31-17)25-26-21(28)33-12-18-24-16(11-32-18)20(29)27-5-8-30-9-6-27/h1-4,7,10-11H,5-6,8-9,12H2. The quantitative estimate of drug-likeness (QED) is 0.328. The van der Waals surface area contributed by atoms with Crippen LogP contribution in [0.15, 0.2) is 51.5 Å². The summed E-state index contributed by atoms with van der Waals surface area (Å²) in [6.07, 6.45) is 1.58. The van der Waals surface area contributed by atoms with Crippen molar-refractivity contribution >= 4 is 52.2 Å². The maximum absolute atomic E-state index is 12.7. The number of hydrogen-bond acceptors (Lipinski definition) is 8. The summed E-state index contributed by atoms with van der Waals surface area (Å²) in [5.41, 5.74) is 1.21. The molecule has 0 radical (unpaired) electrons. The molecule has 1 amide bonds. The molecule has 3 aromatic heterocycles. The lowest BCUT2D eigenvalue weighted by Gasteiger charge is -2.25. The van der Waals surface area contributed by atoms with Gasteiger partial charge in [0.25, 0.3) is 5.91 Å². The third-order valence-corrected chi connectivity index (χ3v) is 7.64. The van der Waals surface area contributed by atoms with Gasteiger partial charge in [-0.3, -0.25) is 9.36 Å². The molecule has 1 fully saturated rings. The van der Waals surface area contributed by atoms with Gasteiger partial charge >= 0.3 is 0 Å². The summed E-state index contributed by atoms with van der Waals surface area (Å²) in [5.74, 6) is 1.58. The average molecular weight is 522 g/mol. The van der Waals surface area contributed by atoms with E-state index in [9.17, 15) is 4.79 Å². The van der Waals surface area contributed by atoms with Crippen molar-refractivity contribution in [3.8, 4) is 17.3 Å². The number of thiazole rings is 1. The van der Waals surface area contributed by atoms with E-state index in [2.05, 4.69) is 15.2 Å². The van der Waals surface area contributed by atoms with Crippen LogP contribution in [0.25, 0.3) is 17.3 Å². The molecular formula is C21H17Cl2N5O3S2. The number of carbonyl (C=O) groups is 1. The highest BCUT2D eigenvalue weighted by Gasteiger charge is 2.22. The molecule has 1 aromatic carbocycles. The van der Waals surface area contributed by atoms with Crippen molar-refractivity contribution in [2.45, 2.75) is 10.9 Å². The Hall–Kier alpha value is -2.37. The molecule has 170 valence electrons. The number of carbonyl (C=O) groups excluding carboxylic acids is 1. The van der Waals surface area contributed by atoms with Crippen LogP contribution >= 0.6 is 46.3 Å². The fraction of sp³-hybridized carbons (Fsp3) is 0.238. The second-order valence-corrected chi connectivity index (χ2v) is 9.74. The van der Waals surface area contributed by atoms with E-state index in [0.717, 1.165) is 10.7 Å². The van der Waals surface area contributed by atoms with E-state index < -0.39 is 0 Å². The lowest BCUT2D eigenvalue weighted by molar-refractivity contribution is 0.0299. The molecule has 5 rings (SSSR count). The van der Waals surface area contributed by atoms with E-state index in [1.54, 1.807) is 34.7 Å². The molecule has 0 bridgehead atoms. The number of aromatic nitrogens is 4. The Kier molecular flexibility index (Phi) is 6.70. The van der Waals surface area contributed by atoms with Crippen molar-refractivity contribution in [3.05, 3.63) is 62.7 Å². The molecule has 0 aliphatic carbocycles. The topological polar surface area (TPSA) is 86.3 Å². The first-order valence-electron chi connectivity index (χ1n) is 9.99. The molecule has 0 atom stereocenters. The highest BCUT2D eigenvalue weighted by Crippen LogP contribution is 2.33. The number of morpholine rings is 1. The van der Waals surface area contributed by atoms with Gasteiger partial charge in [-0.1, -0.05) is 35.0 Å². The molecule has 4 heterocycles. The van der Waals surface area contributed by atoms with Crippen LogP contribution in [0.2, 0.25) is 10.0 Å². The first-order valence-corrected chi connectivity index (χ1v) is 12.6. The van der Waals surface area contributed by atoms with Crippen LogP contribution in [0.4, 0.5) is 0 Å². The van der Waals surface area contributed by atoms with Crippen LogP contribution in [0.5, 0.6) is 0 Å². The van der Waals surface area contributed by atoms with Gasteiger partial charge in [0.2, 0.25) is 5.82 Å². The Morgan fingerprint density at radius 2 is 2.00 bits per heavy atom. The normalized spacial score (nSPS) is 14.1. The Bertz CT molecular complexity index is 1270. The Labute approximate surface area is 207 Å². The van der Waals surface area contributed by atoms with Gasteiger partial charge in [-0.25, -0.2) is 4.98 Å². The molecule has 0 spiro atoms. The number of halogens is 2. The van der Waals surface area contributed by atoms with Crippen molar-refractivity contribution in [3.63, 3.8) is 0 Å². The number of rotatable bonds is 6. The predicted octanol–water partition coefficient (Wildman–Crippen LogP) is 5.06. The lowest BCUT2D eigenvalue weighted by atomic mass is 10.3. The largest absolute Gasteiger partial charge is 0.461 e. The number of benzene rings is 1. The van der Waals surface area contributed by atoms with Crippen LogP contribution in [-0.2, 0) is 10.5 Å². The fourth-order valence-corrected chi connectivity index (χ4v) is 5.35. The molecule has 0 unspecified atom stereocenters. The SMILES string of the molecule is O=C(c1csc(CSc2nnc(-c3ccco3)n2-c2ccc(Cl)c(Cl)c2)n1)N1CCOCC1. The molecule has 0 saturated carbocycles. The van der Waals surface area contributed by atoms with Gasteiger partial charge in [-0.05, 0) is 30.3 Å². The highest BCUT2D eigenvalue weighted by atomic mass is 35.5. The molecular weight excluding hydrogens is 505 g/mol. The summed E-state index contributed by atoms with van der Waals surface area (Å²) in [4.78, 5) is 19.0. The van der Waals surface area contributed by atoms with Gasteiger partial charge in [-0.2, -0.15) is 0 Å². The third-order valence-electron chi connectivity index (χ3n) is 4.93. The number of thioether (sulfide) groups is 1. The maximum atomic E-state index is 12.7. The van der Waals surface area contributed by atoms with E-state index in [-0.39, 0.29) is 5.91 Å². The summed E-state index contributed by atoms with van der Waals surface area (Å²) in [5, 5.41) is 12.8. The molecule has 0 N–H and O–H groups in total. The minimum Gasteiger partial charge on any atom is -0.461 e. The van der Waals surface area contributed by atoms with Crippen molar-refractivity contribution in [1.82, 2.24) is 24.6 Å². The lowest BCUT2D eigenvalue weighted by Crippen LogP contribution is -2.40. The predicted molar refractivity (Wildman–Crippen MR) is 127 cm³/mol. The monoisotopic (exact) mass is 521 g/mol. The van der Waals surface area contributed by atoms with Crippen LogP contribution < -0.4 is 0 Å². The zero-order valence-electron chi connectivity index (χ0n) is 17.1. The Morgan fingerprint density at radius 3 is 2.76 bits per heavy atom. The second-order valence-electron chi connectivity index (χ2n) is 7.04. The molecule has 1 aliphatic rings. The van der Waals surface area contributed by atoms with Crippen molar-refractivity contribution in [2.75, 3.05) is 26.3 Å². The minimum atomic E-state index is -0.0649. The average Bonchev–Trinajstić information content (AvgIpc) is 3.60. The van der Waals surface area contributed by atoms with Crippen molar-refractivity contribution in [1.29, 1.82) is 0 Å². The van der Waals surface area contributed by atoms with Gasteiger partial charge in [0, 0.05) is 18.5 Å². The van der Waals surface area contributed by atoms with Crippen molar-refractivity contribution in [2.24, 2.45) is 0 Å². The smallest absolute Gasteiger partial charge is 0.273 e. The summed E-state index contributed by atoms with van der Waals surface area (Å²) in [6.45, 7) is 2.29. The summed E-state index contributed by atoms with van der Waals surface area (Å²) in [7, 11) is 0. The minimum absolute atomic E-state index is 0.0649. The van der Waals surface area contributed by atoms with Crippen LogP contribution in [0.3, 0.4) is 0 Å². The van der Waals surface area contributed by atoms with E-state index in [0.29, 0.717) is 64.5 Å². The van der Waals surface area contributed by atoms with Gasteiger partial charge < -0.3 is 14.1 Å². The number of ether oxygens (including phenoxy) is 1. The Balaban J connectivity index is 1.38. The van der Waals surface area contributed by atoms with Gasteiger partial charge in [0.1, 0.15) is 10.7 Å². The number of furan rings is 1. The number of nitrogens with zero attached hydrogens (tertiary/aromatic N) is 5. The molecule has 33 heavy (non-hydrogen) atoms. The van der Waals surface area contributed by atoms with Crippen LogP contribution in [0, 0.1) is 0 Å². The van der Waals surface area contributed by atoms with Gasteiger partial charge in [-0.15, -0.1) is 21.5 Å². The molecule has 12 heteroatoms. The van der Waals surface area contributed by atoms with E-state index >= 15 is 0 Å². The first kappa shape index (κ1) is 22.4. The zero-order valence-corrected chi connectivity index (χ0v) is 20.3. The number of hydrogen-bond donors (Lipinski definition) is 0. The highest BCUT2D eigenvalue weighted by molar-refractivity contribution is 7.98. The second kappa shape index (κ2) is 9.86. The fourth-order valence-electron chi connectivity index (χ4n) is 3.32. The molecule has 4 aromatic rings. The zero-order chi connectivity index (χ0) is 22.8. The van der Waals surface area contributed by atoms with E-state index in [1.165, 1.54) is 23.1 Å². The van der Waals surface area contributed by atoms with Crippen LogP contribution in [0.1, 0.15) is 15.5 Å². The molecule has 1 aliphatic heterocycles. The summed E-state index contributed by atoms with van der Waals surface area (Å²) < 4.78 is 12.7. The maximum Gasteiger partial charge on any atom is 0.273 e. The van der Waals surface area contributed by atoms with Gasteiger partial charge in [0.15, 0.2) is 10.9 Å². The third kappa shape index (κ3) is 4.80. The summed E-state index contributed by atoms with van der Waals surface area (Å²) >= 11 is 15.3. The Morgan fingerprint density at radius 1 is 1.15 bits per heavy atom. The van der Waals surface area contributed by atoms with E-state index in [4.69, 9.17) is 32.4 Å². The molecule has 8 nitrogen and oxygen atoms in total.